The molecule has 0 fully saturated rings. The molecule has 0 aliphatic rings. The maximum Gasteiger partial charge on any atom is 0.191 e. The van der Waals surface area contributed by atoms with Crippen LogP contribution in [-0.2, 0) is 13.2 Å². The molecule has 1 heterocycles. The van der Waals surface area contributed by atoms with Gasteiger partial charge in [-0.15, -0.1) is 0 Å². The molecule has 2 aromatic rings. The van der Waals surface area contributed by atoms with E-state index in [0.29, 0.717) is 17.8 Å². The fourth-order valence-corrected chi connectivity index (χ4v) is 1.88. The molecule has 106 valence electrons. The van der Waals surface area contributed by atoms with Crippen LogP contribution in [-0.4, -0.2) is 12.0 Å². The maximum atomic E-state index is 13.8. The molecule has 3 nitrogen and oxygen atoms in total. The van der Waals surface area contributed by atoms with Gasteiger partial charge >= 0.3 is 0 Å². The van der Waals surface area contributed by atoms with Crippen molar-refractivity contribution in [3.8, 4) is 5.75 Å². The molecular weight excluding hydrogens is 262 g/mol. The van der Waals surface area contributed by atoms with Crippen LogP contribution in [0.15, 0.2) is 30.3 Å². The van der Waals surface area contributed by atoms with E-state index in [-0.39, 0.29) is 12.4 Å². The fourth-order valence-electron chi connectivity index (χ4n) is 1.88. The molecule has 1 aromatic heterocycles. The molecule has 0 amide bonds. The SMILES string of the molecule is CNCc1cc(F)c(OCc2cccc(C)n2)c(F)c1. The molecule has 0 saturated heterocycles. The van der Waals surface area contributed by atoms with Crippen molar-refractivity contribution in [2.45, 2.75) is 20.1 Å². The maximum absolute atomic E-state index is 13.8. The number of ether oxygens (including phenoxy) is 1. The summed E-state index contributed by atoms with van der Waals surface area (Å²) < 4.78 is 32.8. The Morgan fingerprint density at radius 3 is 2.50 bits per heavy atom. The van der Waals surface area contributed by atoms with E-state index in [1.54, 1.807) is 13.1 Å². The number of halogens is 2. The Hall–Kier alpha value is -2.01. The lowest BCUT2D eigenvalue weighted by molar-refractivity contribution is 0.269. The highest BCUT2D eigenvalue weighted by atomic mass is 19.1. The van der Waals surface area contributed by atoms with Gasteiger partial charge in [0.25, 0.3) is 0 Å². The first-order valence-corrected chi connectivity index (χ1v) is 6.28. The second kappa shape index (κ2) is 6.43. The smallest absolute Gasteiger partial charge is 0.191 e. The number of pyridine rings is 1. The van der Waals surface area contributed by atoms with Gasteiger partial charge in [0.2, 0.25) is 0 Å². The van der Waals surface area contributed by atoms with Crippen LogP contribution in [0.2, 0.25) is 0 Å². The average Bonchev–Trinajstić information content (AvgIpc) is 2.38. The van der Waals surface area contributed by atoms with Crippen LogP contribution in [0, 0.1) is 18.6 Å². The standard InChI is InChI=1S/C15H16F2N2O/c1-10-4-3-5-12(19-10)9-20-15-13(16)6-11(8-18-2)7-14(15)17/h3-7,18H,8-9H2,1-2H3. The molecule has 0 saturated carbocycles. The van der Waals surface area contributed by atoms with E-state index >= 15 is 0 Å². The molecule has 0 aliphatic carbocycles. The lowest BCUT2D eigenvalue weighted by Crippen LogP contribution is -2.07. The van der Waals surface area contributed by atoms with Gasteiger partial charge in [-0.2, -0.15) is 0 Å². The Kier molecular flexibility index (Phi) is 4.63. The summed E-state index contributed by atoms with van der Waals surface area (Å²) in [6, 6.07) is 7.94. The number of nitrogens with one attached hydrogen (secondary N) is 1. The monoisotopic (exact) mass is 278 g/mol. The van der Waals surface area contributed by atoms with Crippen LogP contribution in [0.3, 0.4) is 0 Å². The summed E-state index contributed by atoms with van der Waals surface area (Å²) in [6.07, 6.45) is 0. The number of hydrogen-bond acceptors (Lipinski definition) is 3. The van der Waals surface area contributed by atoms with Crippen LogP contribution < -0.4 is 10.1 Å². The van der Waals surface area contributed by atoms with Gasteiger partial charge in [0.05, 0.1) is 5.69 Å². The summed E-state index contributed by atoms with van der Waals surface area (Å²) in [4.78, 5) is 4.21. The van der Waals surface area contributed by atoms with Crippen molar-refractivity contribution >= 4 is 0 Å². The molecule has 0 unspecified atom stereocenters. The minimum Gasteiger partial charge on any atom is -0.481 e. The number of rotatable bonds is 5. The van der Waals surface area contributed by atoms with E-state index in [9.17, 15) is 8.78 Å². The Balaban J connectivity index is 2.13. The van der Waals surface area contributed by atoms with E-state index in [0.717, 1.165) is 5.69 Å². The number of benzene rings is 1. The largest absolute Gasteiger partial charge is 0.481 e. The zero-order chi connectivity index (χ0) is 14.5. The summed E-state index contributed by atoms with van der Waals surface area (Å²) in [5, 5.41) is 2.84. The Labute approximate surface area is 116 Å². The van der Waals surface area contributed by atoms with E-state index in [1.807, 2.05) is 19.1 Å². The van der Waals surface area contributed by atoms with Gasteiger partial charge in [0.1, 0.15) is 6.61 Å². The molecule has 0 atom stereocenters. The quantitative estimate of drug-likeness (QED) is 0.913. The second-order valence-corrected chi connectivity index (χ2v) is 4.48. The fraction of sp³-hybridized carbons (Fsp3) is 0.267. The van der Waals surface area contributed by atoms with Gasteiger partial charge in [-0.25, -0.2) is 8.78 Å². The third kappa shape index (κ3) is 3.51. The number of nitrogens with zero attached hydrogens (tertiary/aromatic N) is 1. The molecule has 2 rings (SSSR count). The van der Waals surface area contributed by atoms with Crippen molar-refractivity contribution < 1.29 is 13.5 Å². The predicted octanol–water partition coefficient (Wildman–Crippen LogP) is 2.97. The van der Waals surface area contributed by atoms with Crippen molar-refractivity contribution in [2.75, 3.05) is 7.05 Å². The van der Waals surface area contributed by atoms with E-state index in [1.165, 1.54) is 12.1 Å². The van der Waals surface area contributed by atoms with Crippen molar-refractivity contribution in [1.82, 2.24) is 10.3 Å². The Morgan fingerprint density at radius 1 is 1.20 bits per heavy atom. The second-order valence-electron chi connectivity index (χ2n) is 4.48. The first kappa shape index (κ1) is 14.4. The summed E-state index contributed by atoms with van der Waals surface area (Å²) in [5.41, 5.74) is 1.99. The summed E-state index contributed by atoms with van der Waals surface area (Å²) >= 11 is 0. The third-order valence-electron chi connectivity index (χ3n) is 2.75. The minimum atomic E-state index is -0.706. The van der Waals surface area contributed by atoms with Crippen LogP contribution >= 0.6 is 0 Å². The lowest BCUT2D eigenvalue weighted by atomic mass is 10.2. The van der Waals surface area contributed by atoms with Gasteiger partial charge in [-0.1, -0.05) is 6.07 Å². The summed E-state index contributed by atoms with van der Waals surface area (Å²) in [6.45, 7) is 2.27. The summed E-state index contributed by atoms with van der Waals surface area (Å²) in [7, 11) is 1.71. The van der Waals surface area contributed by atoms with Gasteiger partial charge < -0.3 is 10.1 Å². The highest BCUT2D eigenvalue weighted by Crippen LogP contribution is 2.24. The number of hydrogen-bond donors (Lipinski definition) is 1. The zero-order valence-electron chi connectivity index (χ0n) is 11.4. The van der Waals surface area contributed by atoms with Crippen molar-refractivity contribution in [1.29, 1.82) is 0 Å². The molecular formula is C15H16F2N2O. The molecule has 0 aliphatic heterocycles. The molecule has 0 spiro atoms. The predicted molar refractivity (Wildman–Crippen MR) is 72.4 cm³/mol. The summed E-state index contributed by atoms with van der Waals surface area (Å²) in [5.74, 6) is -1.78. The van der Waals surface area contributed by atoms with Gasteiger partial charge in [0, 0.05) is 12.2 Å². The van der Waals surface area contributed by atoms with E-state index in [4.69, 9.17) is 4.74 Å². The number of aryl methyl sites for hydroxylation is 1. The van der Waals surface area contributed by atoms with Crippen molar-refractivity contribution in [3.05, 3.63) is 58.9 Å². The zero-order valence-corrected chi connectivity index (χ0v) is 11.4. The molecule has 20 heavy (non-hydrogen) atoms. The molecule has 1 aromatic carbocycles. The number of aromatic nitrogens is 1. The van der Waals surface area contributed by atoms with Gasteiger partial charge in [-0.05, 0) is 43.8 Å². The van der Waals surface area contributed by atoms with Crippen LogP contribution in [0.4, 0.5) is 8.78 Å². The highest BCUT2D eigenvalue weighted by molar-refractivity contribution is 5.31. The topological polar surface area (TPSA) is 34.1 Å². The molecule has 5 heteroatoms. The Bertz CT molecular complexity index is 579. The van der Waals surface area contributed by atoms with Gasteiger partial charge in [0.15, 0.2) is 17.4 Å². The normalized spacial score (nSPS) is 10.6. The van der Waals surface area contributed by atoms with E-state index in [2.05, 4.69) is 10.3 Å². The molecule has 0 radical (unpaired) electrons. The highest BCUT2D eigenvalue weighted by Gasteiger charge is 2.13. The third-order valence-corrected chi connectivity index (χ3v) is 2.75. The van der Waals surface area contributed by atoms with Gasteiger partial charge in [-0.3, -0.25) is 4.98 Å². The first-order chi connectivity index (χ1) is 9.60. The van der Waals surface area contributed by atoms with Crippen molar-refractivity contribution in [2.24, 2.45) is 0 Å². The molecule has 1 N–H and O–H groups in total. The average molecular weight is 278 g/mol. The molecule has 0 bridgehead atoms. The van der Waals surface area contributed by atoms with Crippen LogP contribution in [0.1, 0.15) is 17.0 Å². The van der Waals surface area contributed by atoms with Crippen molar-refractivity contribution in [3.63, 3.8) is 0 Å². The van der Waals surface area contributed by atoms with Crippen LogP contribution in [0.5, 0.6) is 5.75 Å². The minimum absolute atomic E-state index is 0.0287. The van der Waals surface area contributed by atoms with E-state index < -0.39 is 11.6 Å². The Morgan fingerprint density at radius 2 is 1.90 bits per heavy atom. The first-order valence-electron chi connectivity index (χ1n) is 6.28. The van der Waals surface area contributed by atoms with Crippen LogP contribution in [0.25, 0.3) is 0 Å². The lowest BCUT2D eigenvalue weighted by Gasteiger charge is -2.10.